The van der Waals surface area contributed by atoms with E-state index in [-0.39, 0.29) is 5.56 Å². The highest BCUT2D eigenvalue weighted by Gasteiger charge is 2.20. The minimum Gasteiger partial charge on any atom is -0.478 e. The van der Waals surface area contributed by atoms with Crippen LogP contribution in [0.15, 0.2) is 23.6 Å². The Morgan fingerprint density at radius 1 is 1.26 bits per heavy atom. The lowest BCUT2D eigenvalue weighted by Gasteiger charge is -2.11. The van der Waals surface area contributed by atoms with Gasteiger partial charge in [-0.3, -0.25) is 4.79 Å². The number of carbonyl (C=O) groups excluding carboxylic acids is 1. The van der Waals surface area contributed by atoms with Gasteiger partial charge in [0, 0.05) is 11.1 Å². The second-order valence-electron chi connectivity index (χ2n) is 4.34. The topological polar surface area (TPSA) is 80.4 Å². The molecule has 5 heteroatoms. The molecule has 1 aromatic heterocycles. The molecule has 0 fully saturated rings. The van der Waals surface area contributed by atoms with Crippen molar-refractivity contribution >= 4 is 23.2 Å². The summed E-state index contributed by atoms with van der Waals surface area (Å²) in [5, 5.41) is 11.1. The molecule has 0 bridgehead atoms. The van der Waals surface area contributed by atoms with E-state index < -0.39 is 11.9 Å². The Morgan fingerprint density at radius 2 is 1.95 bits per heavy atom. The van der Waals surface area contributed by atoms with E-state index in [4.69, 9.17) is 5.73 Å². The van der Waals surface area contributed by atoms with Gasteiger partial charge in [-0.2, -0.15) is 0 Å². The number of aromatic carboxylic acids is 1. The van der Waals surface area contributed by atoms with E-state index in [0.29, 0.717) is 16.0 Å². The fourth-order valence-corrected chi connectivity index (χ4v) is 2.94. The molecule has 1 heterocycles. The van der Waals surface area contributed by atoms with Crippen LogP contribution in [0.3, 0.4) is 0 Å². The predicted octanol–water partition coefficient (Wildman–Crippen LogP) is 2.83. The Kier molecular flexibility index (Phi) is 3.40. The summed E-state index contributed by atoms with van der Waals surface area (Å²) in [4.78, 5) is 23.2. The lowest BCUT2D eigenvalue weighted by Crippen LogP contribution is -2.11. The van der Waals surface area contributed by atoms with Crippen molar-refractivity contribution in [1.82, 2.24) is 0 Å². The van der Waals surface area contributed by atoms with Gasteiger partial charge in [-0.15, -0.1) is 11.3 Å². The van der Waals surface area contributed by atoms with Gasteiger partial charge in [-0.05, 0) is 42.5 Å². The molecule has 0 aliphatic carbocycles. The van der Waals surface area contributed by atoms with Crippen molar-refractivity contribution in [1.29, 1.82) is 0 Å². The summed E-state index contributed by atoms with van der Waals surface area (Å²) in [7, 11) is 0. The summed E-state index contributed by atoms with van der Waals surface area (Å²) in [5.41, 5.74) is 8.36. The van der Waals surface area contributed by atoms with Crippen molar-refractivity contribution in [3.63, 3.8) is 0 Å². The Bertz CT molecular complexity index is 673. The summed E-state index contributed by atoms with van der Waals surface area (Å²) in [5.74, 6) is -1.55. The number of rotatable bonds is 3. The van der Waals surface area contributed by atoms with Gasteiger partial charge in [-0.1, -0.05) is 6.07 Å². The van der Waals surface area contributed by atoms with Crippen molar-refractivity contribution in [3.05, 3.63) is 45.1 Å². The number of carboxylic acids is 1. The van der Waals surface area contributed by atoms with Crippen molar-refractivity contribution in [2.24, 2.45) is 5.73 Å². The minimum atomic E-state index is -1.01. The van der Waals surface area contributed by atoms with Gasteiger partial charge in [0.1, 0.15) is 0 Å². The molecule has 0 saturated heterocycles. The number of carbonyl (C=O) groups is 2. The molecule has 0 aliphatic heterocycles. The Hall–Kier alpha value is -2.14. The molecule has 1 amide bonds. The molecule has 98 valence electrons. The third-order valence-corrected chi connectivity index (χ3v) is 3.80. The summed E-state index contributed by atoms with van der Waals surface area (Å²) >= 11 is 1.22. The lowest BCUT2D eigenvalue weighted by molar-refractivity contribution is 0.0697. The van der Waals surface area contributed by atoms with Crippen LogP contribution in [0.4, 0.5) is 0 Å². The summed E-state index contributed by atoms with van der Waals surface area (Å²) < 4.78 is 0. The molecule has 0 aliphatic rings. The van der Waals surface area contributed by atoms with Gasteiger partial charge in [0.05, 0.1) is 10.4 Å². The van der Waals surface area contributed by atoms with Crippen LogP contribution in [0.5, 0.6) is 0 Å². The average Bonchev–Trinajstić information content (AvgIpc) is 2.76. The van der Waals surface area contributed by atoms with Crippen LogP contribution >= 0.6 is 11.3 Å². The second kappa shape index (κ2) is 4.85. The molecular formula is C14H13NO3S. The highest BCUT2D eigenvalue weighted by molar-refractivity contribution is 7.12. The number of benzene rings is 1. The fraction of sp³-hybridized carbons (Fsp3) is 0.143. The molecule has 3 N–H and O–H groups in total. The summed E-state index contributed by atoms with van der Waals surface area (Å²) in [6.07, 6.45) is 0. The number of hydrogen-bond donors (Lipinski definition) is 2. The molecular weight excluding hydrogens is 262 g/mol. The van der Waals surface area contributed by atoms with E-state index in [1.807, 2.05) is 19.9 Å². The first-order chi connectivity index (χ1) is 8.91. The summed E-state index contributed by atoms with van der Waals surface area (Å²) in [6, 6.07) is 5.23. The zero-order chi connectivity index (χ0) is 14.2. The molecule has 19 heavy (non-hydrogen) atoms. The number of primary amides is 1. The molecule has 4 nitrogen and oxygen atoms in total. The van der Waals surface area contributed by atoms with E-state index in [1.165, 1.54) is 11.3 Å². The van der Waals surface area contributed by atoms with E-state index in [0.717, 1.165) is 11.1 Å². The van der Waals surface area contributed by atoms with E-state index in [2.05, 4.69) is 0 Å². The number of hydrogen-bond acceptors (Lipinski definition) is 3. The third kappa shape index (κ3) is 2.37. The minimum absolute atomic E-state index is 0.193. The number of amides is 1. The SMILES string of the molecule is Cc1cc(C)c(-c2ccsc2C(N)=O)c(C(=O)O)c1. The van der Waals surface area contributed by atoms with Gasteiger partial charge in [0.2, 0.25) is 0 Å². The van der Waals surface area contributed by atoms with Gasteiger partial charge in [-0.25, -0.2) is 4.79 Å². The number of nitrogens with two attached hydrogens (primary N) is 1. The molecule has 0 unspecified atom stereocenters. The Morgan fingerprint density at radius 3 is 2.53 bits per heavy atom. The van der Waals surface area contributed by atoms with Crippen molar-refractivity contribution in [3.8, 4) is 11.1 Å². The van der Waals surface area contributed by atoms with Crippen LogP contribution in [0.25, 0.3) is 11.1 Å². The molecule has 0 atom stereocenters. The average molecular weight is 275 g/mol. The third-order valence-electron chi connectivity index (χ3n) is 2.87. The lowest BCUT2D eigenvalue weighted by atomic mass is 9.93. The number of carboxylic acid groups (broad SMARTS) is 1. The quantitative estimate of drug-likeness (QED) is 0.903. The van der Waals surface area contributed by atoms with Crippen LogP contribution in [0.1, 0.15) is 31.2 Å². The molecule has 0 radical (unpaired) electrons. The first kappa shape index (κ1) is 13.3. The van der Waals surface area contributed by atoms with Gasteiger partial charge >= 0.3 is 5.97 Å². The maximum absolute atomic E-state index is 11.4. The maximum atomic E-state index is 11.4. The molecule has 2 rings (SSSR count). The zero-order valence-corrected chi connectivity index (χ0v) is 11.4. The van der Waals surface area contributed by atoms with Crippen LogP contribution in [0.2, 0.25) is 0 Å². The Balaban J connectivity index is 2.78. The maximum Gasteiger partial charge on any atom is 0.336 e. The van der Waals surface area contributed by atoms with Crippen molar-refractivity contribution in [2.75, 3.05) is 0 Å². The van der Waals surface area contributed by atoms with Gasteiger partial charge in [0.25, 0.3) is 5.91 Å². The normalized spacial score (nSPS) is 10.4. The van der Waals surface area contributed by atoms with E-state index in [1.54, 1.807) is 17.5 Å². The standard InChI is InChI=1S/C14H13NO3S/c1-7-5-8(2)11(10(6-7)14(17)18)9-3-4-19-12(9)13(15)16/h3-6H,1-2H3,(H2,15,16)(H,17,18). The van der Waals surface area contributed by atoms with E-state index >= 15 is 0 Å². The van der Waals surface area contributed by atoms with E-state index in [9.17, 15) is 14.7 Å². The highest BCUT2D eigenvalue weighted by atomic mass is 32.1. The highest BCUT2D eigenvalue weighted by Crippen LogP contribution is 2.34. The Labute approximate surface area is 114 Å². The van der Waals surface area contributed by atoms with Crippen LogP contribution in [-0.4, -0.2) is 17.0 Å². The molecule has 0 spiro atoms. The molecule has 2 aromatic rings. The van der Waals surface area contributed by atoms with Crippen molar-refractivity contribution < 1.29 is 14.7 Å². The monoisotopic (exact) mass is 275 g/mol. The predicted molar refractivity (Wildman–Crippen MR) is 74.7 cm³/mol. The smallest absolute Gasteiger partial charge is 0.336 e. The first-order valence-corrected chi connectivity index (χ1v) is 6.52. The zero-order valence-electron chi connectivity index (χ0n) is 10.6. The van der Waals surface area contributed by atoms with Crippen LogP contribution < -0.4 is 5.73 Å². The first-order valence-electron chi connectivity index (χ1n) is 5.64. The molecule has 0 saturated carbocycles. The number of aryl methyl sites for hydroxylation is 2. The van der Waals surface area contributed by atoms with Crippen LogP contribution in [-0.2, 0) is 0 Å². The van der Waals surface area contributed by atoms with Crippen LogP contribution in [0, 0.1) is 13.8 Å². The van der Waals surface area contributed by atoms with Gasteiger partial charge < -0.3 is 10.8 Å². The van der Waals surface area contributed by atoms with Gasteiger partial charge in [0.15, 0.2) is 0 Å². The van der Waals surface area contributed by atoms with Crippen molar-refractivity contribution in [2.45, 2.75) is 13.8 Å². The summed E-state index contributed by atoms with van der Waals surface area (Å²) in [6.45, 7) is 3.67. The second-order valence-corrected chi connectivity index (χ2v) is 5.25. The molecule has 1 aromatic carbocycles. The largest absolute Gasteiger partial charge is 0.478 e. The number of thiophene rings is 1. The fourth-order valence-electron chi connectivity index (χ4n) is 2.19.